The number of ether oxygens (including phenoxy) is 3. The lowest BCUT2D eigenvalue weighted by Gasteiger charge is -2.32. The highest BCUT2D eigenvalue weighted by Gasteiger charge is 2.49. The number of benzene rings is 2. The molecule has 0 radical (unpaired) electrons. The van der Waals surface area contributed by atoms with Gasteiger partial charge in [0.2, 0.25) is 11.9 Å². The summed E-state index contributed by atoms with van der Waals surface area (Å²) in [6, 6.07) is 6.17. The van der Waals surface area contributed by atoms with Crippen LogP contribution in [0.4, 0.5) is 42.0 Å². The first-order valence-corrected chi connectivity index (χ1v) is 22.4. The van der Waals surface area contributed by atoms with Crippen molar-refractivity contribution in [3.05, 3.63) is 58.3 Å². The second kappa shape index (κ2) is 20.6. The molecule has 1 atom stereocenters. The van der Waals surface area contributed by atoms with Gasteiger partial charge in [-0.05, 0) is 50.3 Å². The third-order valence-corrected chi connectivity index (χ3v) is 12.5. The van der Waals surface area contributed by atoms with E-state index in [1.807, 2.05) is 0 Å². The zero-order chi connectivity index (χ0) is 47.2. The maximum Gasteiger partial charge on any atom is 0.342 e. The SMILES string of the molecule is COc1cc(C(=O)NC2CCN(CCOCCOCCNc3cccc4nnn(C5CCC(=O)NC5=O)c(=O)c34)CC2)c(F)cc1Nc1ncc2c(n1)N(C1CCCC1)CC(F)(F)C(=O)N2C. The van der Waals surface area contributed by atoms with Crippen molar-refractivity contribution < 1.29 is 46.6 Å². The van der Waals surface area contributed by atoms with Crippen LogP contribution in [0.15, 0.2) is 41.3 Å². The van der Waals surface area contributed by atoms with Gasteiger partial charge in [-0.15, -0.1) is 5.10 Å². The molecule has 8 rings (SSSR count). The van der Waals surface area contributed by atoms with Crippen LogP contribution in [0, 0.1) is 5.82 Å². The van der Waals surface area contributed by atoms with E-state index in [0.29, 0.717) is 89.5 Å². The molecule has 67 heavy (non-hydrogen) atoms. The van der Waals surface area contributed by atoms with Gasteiger partial charge in [-0.25, -0.2) is 9.37 Å². The summed E-state index contributed by atoms with van der Waals surface area (Å²) >= 11 is 0. The van der Waals surface area contributed by atoms with E-state index in [-0.39, 0.29) is 64.8 Å². The van der Waals surface area contributed by atoms with Gasteiger partial charge < -0.3 is 44.9 Å². The Kier molecular flexibility index (Phi) is 14.5. The Bertz CT molecular complexity index is 2550. The number of carbonyl (C=O) groups excluding carboxylic acids is 4. The summed E-state index contributed by atoms with van der Waals surface area (Å²) in [5.41, 5.74) is 0.437. The summed E-state index contributed by atoms with van der Waals surface area (Å²) in [4.78, 5) is 76.7. The van der Waals surface area contributed by atoms with Crippen molar-refractivity contribution in [2.24, 2.45) is 0 Å². The molecule has 3 aliphatic heterocycles. The molecule has 3 fully saturated rings. The number of nitrogens with zero attached hydrogens (tertiary/aromatic N) is 8. The number of methoxy groups -OCH3 is 1. The Labute approximate surface area is 382 Å². The van der Waals surface area contributed by atoms with Crippen LogP contribution in [0.1, 0.15) is 67.8 Å². The van der Waals surface area contributed by atoms with Crippen LogP contribution < -0.4 is 41.4 Å². The second-order valence-electron chi connectivity index (χ2n) is 16.9. The Morgan fingerprint density at radius 2 is 1.73 bits per heavy atom. The highest BCUT2D eigenvalue weighted by molar-refractivity contribution is 6.02. The highest BCUT2D eigenvalue weighted by Crippen LogP contribution is 2.40. The van der Waals surface area contributed by atoms with Gasteiger partial charge in [0.15, 0.2) is 5.82 Å². The molecule has 1 saturated carbocycles. The van der Waals surface area contributed by atoms with Crippen LogP contribution in [-0.2, 0) is 23.9 Å². The van der Waals surface area contributed by atoms with E-state index in [4.69, 9.17) is 14.2 Å². The third-order valence-electron chi connectivity index (χ3n) is 12.5. The minimum absolute atomic E-state index is 0.0292. The lowest BCUT2D eigenvalue weighted by Crippen LogP contribution is -2.48. The van der Waals surface area contributed by atoms with E-state index in [1.165, 1.54) is 31.3 Å². The number of aromatic nitrogens is 5. The number of imide groups is 1. The number of hydrogen-bond acceptors (Lipinski definition) is 16. The molecule has 2 aromatic heterocycles. The zero-order valence-electron chi connectivity index (χ0n) is 37.2. The molecular weight excluding hydrogens is 882 g/mol. The molecule has 2 saturated heterocycles. The maximum atomic E-state index is 15.6. The topological polar surface area (TPSA) is 227 Å². The molecule has 0 spiro atoms. The van der Waals surface area contributed by atoms with Crippen LogP contribution in [0.2, 0.25) is 0 Å². The lowest BCUT2D eigenvalue weighted by molar-refractivity contribution is -0.140. The molecule has 23 heteroatoms. The first-order chi connectivity index (χ1) is 32.3. The third kappa shape index (κ3) is 10.6. The minimum atomic E-state index is -3.64. The minimum Gasteiger partial charge on any atom is -0.495 e. The number of rotatable bonds is 17. The van der Waals surface area contributed by atoms with E-state index in [1.54, 1.807) is 18.2 Å². The van der Waals surface area contributed by atoms with Crippen molar-refractivity contribution >= 4 is 63.4 Å². The number of amides is 4. The van der Waals surface area contributed by atoms with Crippen LogP contribution in [-0.4, -0.2) is 145 Å². The predicted molar refractivity (Wildman–Crippen MR) is 239 cm³/mol. The van der Waals surface area contributed by atoms with E-state index in [2.05, 4.69) is 46.4 Å². The van der Waals surface area contributed by atoms with E-state index < -0.39 is 53.5 Å². The van der Waals surface area contributed by atoms with Crippen molar-refractivity contribution in [1.29, 1.82) is 0 Å². The fraction of sp³-hybridized carbons (Fsp3) is 0.523. The average molecular weight is 935 g/mol. The van der Waals surface area contributed by atoms with Crippen molar-refractivity contribution in [3.63, 3.8) is 0 Å². The molecule has 20 nitrogen and oxygen atoms in total. The van der Waals surface area contributed by atoms with Gasteiger partial charge in [0.25, 0.3) is 23.3 Å². The summed E-state index contributed by atoms with van der Waals surface area (Å²) in [5.74, 6) is -7.11. The summed E-state index contributed by atoms with van der Waals surface area (Å²) in [7, 11) is 2.63. The van der Waals surface area contributed by atoms with Gasteiger partial charge in [-0.3, -0.25) is 29.3 Å². The number of likely N-dealkylation sites (tertiary alicyclic amines) is 1. The van der Waals surface area contributed by atoms with Crippen molar-refractivity contribution in [2.75, 3.05) is 93.7 Å². The van der Waals surface area contributed by atoms with E-state index in [9.17, 15) is 24.0 Å². The smallest absolute Gasteiger partial charge is 0.342 e. The number of halogens is 3. The monoisotopic (exact) mass is 934 g/mol. The lowest BCUT2D eigenvalue weighted by atomic mass is 10.0. The van der Waals surface area contributed by atoms with Crippen molar-refractivity contribution in [1.82, 2.24) is 40.5 Å². The quantitative estimate of drug-likeness (QED) is 0.0881. The molecule has 4 aliphatic rings. The summed E-state index contributed by atoms with van der Waals surface area (Å²) in [6.45, 7) is 3.16. The van der Waals surface area contributed by atoms with Gasteiger partial charge in [0.1, 0.15) is 28.8 Å². The van der Waals surface area contributed by atoms with Crippen molar-refractivity contribution in [3.8, 4) is 5.75 Å². The van der Waals surface area contributed by atoms with Crippen LogP contribution in [0.5, 0.6) is 5.75 Å². The van der Waals surface area contributed by atoms with E-state index >= 15 is 13.2 Å². The molecule has 4 amide bonds. The number of fused-ring (bicyclic) bond motifs is 2. The highest BCUT2D eigenvalue weighted by atomic mass is 19.3. The van der Waals surface area contributed by atoms with Gasteiger partial charge in [0.05, 0.1) is 62.9 Å². The van der Waals surface area contributed by atoms with Gasteiger partial charge >= 0.3 is 5.92 Å². The Hall–Kier alpha value is -6.46. The van der Waals surface area contributed by atoms with Crippen LogP contribution in [0.25, 0.3) is 10.9 Å². The number of piperidine rings is 2. The molecule has 1 aliphatic carbocycles. The number of anilines is 5. The summed E-state index contributed by atoms with van der Waals surface area (Å²) < 4.78 is 63.7. The summed E-state index contributed by atoms with van der Waals surface area (Å²) in [5, 5.41) is 19.6. The standard InChI is InChI=1S/C44H53F3N12O8/c1-56-34-24-49-43(53-38(34)58(27-6-3-4-7-27)25-44(46,47)42(56)64)51-32-23-29(45)28(22-35(32)65-2)39(61)50-26-12-15-57(16-13-26)17-19-67-21-20-66-18-14-48-30-8-5-9-31-37(30)41(63)59(55-54-31)33-10-11-36(60)52-40(33)62/h5,8-9,22-24,26-27,33,48H,3-4,6-7,10-21,25H2,1-2H3,(H,50,61)(H,49,51,53)(H,52,60,62). The number of hydrogen-bond donors (Lipinski definition) is 4. The van der Waals surface area contributed by atoms with E-state index in [0.717, 1.165) is 28.5 Å². The first-order valence-electron chi connectivity index (χ1n) is 22.4. The van der Waals surface area contributed by atoms with Crippen LogP contribution in [0.3, 0.4) is 0 Å². The first kappa shape index (κ1) is 47.0. The van der Waals surface area contributed by atoms with Crippen LogP contribution >= 0.6 is 0 Å². The molecule has 4 N–H and O–H groups in total. The van der Waals surface area contributed by atoms with Gasteiger partial charge in [-0.1, -0.05) is 24.1 Å². The maximum absolute atomic E-state index is 15.6. The van der Waals surface area contributed by atoms with Crippen molar-refractivity contribution in [2.45, 2.75) is 75.4 Å². The summed E-state index contributed by atoms with van der Waals surface area (Å²) in [6.07, 6.45) is 5.94. The number of carbonyl (C=O) groups is 4. The largest absolute Gasteiger partial charge is 0.495 e. The number of alkyl halides is 2. The average Bonchev–Trinajstić information content (AvgIpc) is 3.84. The Morgan fingerprint density at radius 1 is 0.970 bits per heavy atom. The fourth-order valence-electron chi connectivity index (χ4n) is 8.92. The zero-order valence-corrected chi connectivity index (χ0v) is 37.2. The predicted octanol–water partition coefficient (Wildman–Crippen LogP) is 3.15. The van der Waals surface area contributed by atoms with Gasteiger partial charge in [-0.2, -0.15) is 18.4 Å². The molecule has 1 unspecified atom stereocenters. The Morgan fingerprint density at radius 3 is 2.48 bits per heavy atom. The van der Waals surface area contributed by atoms with Gasteiger partial charge in [0, 0.05) is 63.5 Å². The normalized spacial score (nSPS) is 19.3. The molecule has 0 bridgehead atoms. The Balaban J connectivity index is 0.758. The molecular formula is C44H53F3N12O8. The number of nitrogens with one attached hydrogen (secondary N) is 4. The molecule has 358 valence electrons. The molecule has 4 aromatic rings. The molecule has 5 heterocycles. The molecule has 2 aromatic carbocycles. The second-order valence-corrected chi connectivity index (χ2v) is 16.9. The fourth-order valence-corrected chi connectivity index (χ4v) is 8.92.